The summed E-state index contributed by atoms with van der Waals surface area (Å²) in [6.07, 6.45) is 5.32. The lowest BCUT2D eigenvalue weighted by molar-refractivity contribution is -0.113. The minimum absolute atomic E-state index is 0.0389. The van der Waals surface area contributed by atoms with Crippen molar-refractivity contribution in [3.63, 3.8) is 0 Å². The van der Waals surface area contributed by atoms with E-state index in [1.165, 1.54) is 36.7 Å². The lowest BCUT2D eigenvalue weighted by Gasteiger charge is -2.16. The molecule has 0 saturated heterocycles. The quantitative estimate of drug-likeness (QED) is 0.613. The number of aromatic nitrogens is 3. The number of sulfone groups is 1. The van der Waals surface area contributed by atoms with Gasteiger partial charge in [-0.3, -0.25) is 19.1 Å². The van der Waals surface area contributed by atoms with Crippen LogP contribution in [0.5, 0.6) is 0 Å². The highest BCUT2D eigenvalue weighted by Crippen LogP contribution is 2.21. The third-order valence-corrected chi connectivity index (χ3v) is 5.74. The van der Waals surface area contributed by atoms with Crippen molar-refractivity contribution in [2.45, 2.75) is 17.9 Å². The molecular formula is C20H16N4O5S. The highest BCUT2D eigenvalue weighted by atomic mass is 32.2. The minimum atomic E-state index is -3.68. The van der Waals surface area contributed by atoms with Crippen molar-refractivity contribution < 1.29 is 13.2 Å². The smallest absolute Gasteiger partial charge is 0.294 e. The third kappa shape index (κ3) is 3.41. The van der Waals surface area contributed by atoms with E-state index < -0.39 is 21.1 Å². The van der Waals surface area contributed by atoms with E-state index in [-0.39, 0.29) is 46.1 Å². The molecular weight excluding hydrogens is 408 g/mol. The van der Waals surface area contributed by atoms with Crippen LogP contribution in [-0.4, -0.2) is 40.8 Å². The number of hydrogen-bond acceptors (Lipinski definition) is 7. The maximum Gasteiger partial charge on any atom is 0.337 e. The van der Waals surface area contributed by atoms with Crippen LogP contribution in [0.25, 0.3) is 16.7 Å². The molecule has 0 N–H and O–H groups in total. The summed E-state index contributed by atoms with van der Waals surface area (Å²) in [7, 11) is -3.68. The molecule has 3 aromatic rings. The van der Waals surface area contributed by atoms with Gasteiger partial charge in [-0.25, -0.2) is 22.8 Å². The average Bonchev–Trinajstić information content (AvgIpc) is 2.71. The fourth-order valence-corrected chi connectivity index (χ4v) is 4.15. The molecule has 0 saturated carbocycles. The molecule has 3 heterocycles. The van der Waals surface area contributed by atoms with Gasteiger partial charge in [0.25, 0.3) is 5.56 Å². The second kappa shape index (κ2) is 7.30. The lowest BCUT2D eigenvalue weighted by atomic mass is 10.2. The monoisotopic (exact) mass is 424 g/mol. The highest BCUT2D eigenvalue weighted by molar-refractivity contribution is 7.90. The fourth-order valence-electron chi connectivity index (χ4n) is 3.28. The molecule has 0 atom stereocenters. The number of rotatable bonds is 4. The van der Waals surface area contributed by atoms with E-state index in [4.69, 9.17) is 0 Å². The largest absolute Gasteiger partial charge is 0.337 e. The van der Waals surface area contributed by atoms with Gasteiger partial charge in [-0.2, -0.15) is 0 Å². The molecule has 0 amide bonds. The lowest BCUT2D eigenvalue weighted by Crippen LogP contribution is -2.40. The molecule has 0 radical (unpaired) electrons. The van der Waals surface area contributed by atoms with Gasteiger partial charge in [0.1, 0.15) is 0 Å². The van der Waals surface area contributed by atoms with Gasteiger partial charge in [-0.05, 0) is 24.3 Å². The van der Waals surface area contributed by atoms with Gasteiger partial charge in [-0.1, -0.05) is 12.1 Å². The van der Waals surface area contributed by atoms with Crippen LogP contribution in [0.2, 0.25) is 0 Å². The van der Waals surface area contributed by atoms with Crippen LogP contribution in [0.15, 0.2) is 73.8 Å². The summed E-state index contributed by atoms with van der Waals surface area (Å²) in [6, 6.07) is 9.05. The summed E-state index contributed by atoms with van der Waals surface area (Å²) in [6.45, 7) is -0.230. The molecule has 10 heteroatoms. The van der Waals surface area contributed by atoms with E-state index in [1.54, 1.807) is 18.2 Å². The van der Waals surface area contributed by atoms with Crippen LogP contribution in [0.3, 0.4) is 0 Å². The van der Waals surface area contributed by atoms with Gasteiger partial charge >= 0.3 is 5.69 Å². The SMILES string of the molecule is CS(=O)(=O)c1ccccc1-n1c(=O)n(CC2=CC(=O)CC=N2)c(=O)c2cccnc21. The van der Waals surface area contributed by atoms with Crippen LogP contribution in [0.4, 0.5) is 0 Å². The molecule has 1 aliphatic heterocycles. The molecule has 0 unspecified atom stereocenters. The molecule has 0 aliphatic carbocycles. The zero-order valence-corrected chi connectivity index (χ0v) is 16.7. The van der Waals surface area contributed by atoms with E-state index in [0.717, 1.165) is 15.4 Å². The van der Waals surface area contributed by atoms with E-state index in [0.29, 0.717) is 0 Å². The van der Waals surface area contributed by atoms with Crippen LogP contribution < -0.4 is 11.2 Å². The van der Waals surface area contributed by atoms with Crippen molar-refractivity contribution >= 4 is 32.9 Å². The maximum absolute atomic E-state index is 13.4. The number of carbonyl (C=O) groups excluding carboxylic acids is 1. The summed E-state index contributed by atoms with van der Waals surface area (Å²) in [5.74, 6) is -0.182. The highest BCUT2D eigenvalue weighted by Gasteiger charge is 2.21. The summed E-state index contributed by atoms with van der Waals surface area (Å²) in [5.41, 5.74) is -1.00. The maximum atomic E-state index is 13.4. The second-order valence-electron chi connectivity index (χ2n) is 6.74. The number of allylic oxidation sites excluding steroid dienone is 2. The Hall–Kier alpha value is -3.66. The molecule has 0 bridgehead atoms. The molecule has 9 nitrogen and oxygen atoms in total. The van der Waals surface area contributed by atoms with Gasteiger partial charge < -0.3 is 0 Å². The van der Waals surface area contributed by atoms with Crippen molar-refractivity contribution in [3.05, 3.63) is 75.2 Å². The van der Waals surface area contributed by atoms with Gasteiger partial charge in [-0.15, -0.1) is 0 Å². The molecule has 0 spiro atoms. The number of carbonyl (C=O) groups is 1. The van der Waals surface area contributed by atoms with Crippen LogP contribution >= 0.6 is 0 Å². The van der Waals surface area contributed by atoms with E-state index in [2.05, 4.69) is 9.98 Å². The van der Waals surface area contributed by atoms with Crippen LogP contribution in [0.1, 0.15) is 6.42 Å². The van der Waals surface area contributed by atoms with Crippen molar-refractivity contribution in [1.82, 2.24) is 14.1 Å². The zero-order chi connectivity index (χ0) is 21.5. The predicted molar refractivity (Wildman–Crippen MR) is 111 cm³/mol. The van der Waals surface area contributed by atoms with Gasteiger partial charge in [0.05, 0.1) is 28.2 Å². The molecule has 2 aromatic heterocycles. The Morgan fingerprint density at radius 2 is 1.83 bits per heavy atom. The number of aliphatic imine (C=N–C) groups is 1. The number of nitrogens with zero attached hydrogens (tertiary/aromatic N) is 4. The number of benzene rings is 1. The Balaban J connectivity index is 2.07. The molecule has 4 rings (SSSR count). The van der Waals surface area contributed by atoms with Gasteiger partial charge in [0.15, 0.2) is 21.3 Å². The Bertz CT molecular complexity index is 1480. The summed E-state index contributed by atoms with van der Waals surface area (Å²) < 4.78 is 26.6. The summed E-state index contributed by atoms with van der Waals surface area (Å²) in [4.78, 5) is 46.2. The number of fused-ring (bicyclic) bond motifs is 1. The Morgan fingerprint density at radius 1 is 1.07 bits per heavy atom. The topological polar surface area (TPSA) is 120 Å². The van der Waals surface area contributed by atoms with Crippen LogP contribution in [0, 0.1) is 0 Å². The van der Waals surface area contributed by atoms with E-state index in [1.807, 2.05) is 0 Å². The molecule has 30 heavy (non-hydrogen) atoms. The fraction of sp³-hybridized carbons (Fsp3) is 0.150. The molecule has 152 valence electrons. The van der Waals surface area contributed by atoms with Crippen molar-refractivity contribution in [1.29, 1.82) is 0 Å². The number of hydrogen-bond donors (Lipinski definition) is 0. The summed E-state index contributed by atoms with van der Waals surface area (Å²) >= 11 is 0. The van der Waals surface area contributed by atoms with Gasteiger partial charge in [0.2, 0.25) is 0 Å². The van der Waals surface area contributed by atoms with E-state index in [9.17, 15) is 22.8 Å². The van der Waals surface area contributed by atoms with Gasteiger partial charge in [0, 0.05) is 31.2 Å². The standard InChI is InChI=1S/C20H16N4O5S/c1-30(28,29)17-7-3-2-6-16(17)24-18-15(5-4-9-22-18)19(26)23(20(24)27)12-13-11-14(25)8-10-21-13/h2-7,9-11H,8,12H2,1H3. The first-order valence-electron chi connectivity index (χ1n) is 8.93. The Labute approximate surface area is 170 Å². The Kier molecular flexibility index (Phi) is 4.78. The normalized spacial score (nSPS) is 14.2. The second-order valence-corrected chi connectivity index (χ2v) is 8.73. The predicted octanol–water partition coefficient (Wildman–Crippen LogP) is 0.878. The van der Waals surface area contributed by atoms with E-state index >= 15 is 0 Å². The zero-order valence-electron chi connectivity index (χ0n) is 15.8. The van der Waals surface area contributed by atoms with Crippen molar-refractivity contribution in [2.24, 2.45) is 4.99 Å². The van der Waals surface area contributed by atoms with Crippen molar-refractivity contribution in [2.75, 3.05) is 6.26 Å². The molecule has 1 aliphatic rings. The van der Waals surface area contributed by atoms with Crippen molar-refractivity contribution in [3.8, 4) is 5.69 Å². The number of ketones is 1. The molecule has 0 fully saturated rings. The minimum Gasteiger partial charge on any atom is -0.294 e. The number of para-hydroxylation sites is 1. The first-order valence-corrected chi connectivity index (χ1v) is 10.8. The first-order chi connectivity index (χ1) is 14.3. The summed E-state index contributed by atoms with van der Waals surface area (Å²) in [5, 5.41) is 0.132. The molecule has 1 aromatic carbocycles. The van der Waals surface area contributed by atoms with Crippen LogP contribution in [-0.2, 0) is 21.2 Å². The third-order valence-electron chi connectivity index (χ3n) is 4.60. The first kappa shape index (κ1) is 19.6. The number of pyridine rings is 1. The average molecular weight is 424 g/mol. The Morgan fingerprint density at radius 3 is 2.57 bits per heavy atom.